The highest BCUT2D eigenvalue weighted by atomic mass is 19.1. The van der Waals surface area contributed by atoms with Gasteiger partial charge in [0.05, 0.1) is 5.56 Å². The fraction of sp³-hybridized carbons (Fsp3) is 0.462. The van der Waals surface area contributed by atoms with E-state index in [9.17, 15) is 9.18 Å². The second kappa shape index (κ2) is 5.71. The van der Waals surface area contributed by atoms with E-state index < -0.39 is 12.9 Å². The Labute approximate surface area is 112 Å². The summed E-state index contributed by atoms with van der Waals surface area (Å²) in [5.74, 6) is -1.04. The van der Waals surface area contributed by atoms with Crippen molar-refractivity contribution in [2.75, 3.05) is 6.54 Å². The van der Waals surface area contributed by atoms with E-state index in [0.717, 1.165) is 25.3 Å². The molecule has 1 atom stereocenters. The summed E-state index contributed by atoms with van der Waals surface area (Å²) in [6.07, 6.45) is 2.95. The number of hydrogen-bond acceptors (Lipinski definition) is 3. The van der Waals surface area contributed by atoms with Crippen LogP contribution in [0.2, 0.25) is 0 Å². The van der Waals surface area contributed by atoms with Crippen molar-refractivity contribution in [3.05, 3.63) is 29.6 Å². The highest BCUT2D eigenvalue weighted by Gasteiger charge is 2.26. The second-order valence-corrected chi connectivity index (χ2v) is 4.96. The molecule has 0 bridgehead atoms. The number of nitrogens with zero attached hydrogens (tertiary/aromatic N) is 1. The Bertz CT molecular complexity index is 481. The van der Waals surface area contributed by atoms with E-state index in [1.165, 1.54) is 12.1 Å². The van der Waals surface area contributed by atoms with E-state index >= 15 is 0 Å². The Morgan fingerprint density at radius 2 is 2.16 bits per heavy atom. The van der Waals surface area contributed by atoms with Gasteiger partial charge in [0, 0.05) is 12.6 Å². The Hall–Kier alpha value is -1.40. The van der Waals surface area contributed by atoms with Crippen molar-refractivity contribution in [1.29, 1.82) is 0 Å². The largest absolute Gasteiger partial charge is 0.488 e. The number of carbonyl (C=O) groups excluding carboxylic acids is 1. The summed E-state index contributed by atoms with van der Waals surface area (Å²) in [5.41, 5.74) is 0.0268. The van der Waals surface area contributed by atoms with Crippen molar-refractivity contribution in [3.63, 3.8) is 0 Å². The van der Waals surface area contributed by atoms with Crippen LogP contribution in [-0.2, 0) is 0 Å². The van der Waals surface area contributed by atoms with E-state index in [1.807, 2.05) is 6.92 Å². The Balaban J connectivity index is 2.23. The average Bonchev–Trinajstić information content (AvgIpc) is 2.38. The monoisotopic (exact) mass is 265 g/mol. The number of piperidine rings is 1. The summed E-state index contributed by atoms with van der Waals surface area (Å²) < 4.78 is 13.9. The third-order valence-electron chi connectivity index (χ3n) is 3.59. The number of hydrogen-bond donors (Lipinski definition) is 2. The zero-order valence-electron chi connectivity index (χ0n) is 10.8. The van der Waals surface area contributed by atoms with Gasteiger partial charge in [-0.15, -0.1) is 0 Å². The number of carbonyl (C=O) groups is 1. The van der Waals surface area contributed by atoms with Crippen molar-refractivity contribution in [2.45, 2.75) is 32.2 Å². The molecule has 102 valence electrons. The van der Waals surface area contributed by atoms with Gasteiger partial charge in [-0.2, -0.15) is 0 Å². The van der Waals surface area contributed by atoms with Crippen LogP contribution in [-0.4, -0.2) is 40.6 Å². The maximum Gasteiger partial charge on any atom is 0.488 e. The minimum atomic E-state index is -1.73. The Morgan fingerprint density at radius 1 is 1.42 bits per heavy atom. The Morgan fingerprint density at radius 3 is 2.74 bits per heavy atom. The number of likely N-dealkylation sites (tertiary alicyclic amines) is 1. The molecule has 1 aromatic rings. The minimum absolute atomic E-state index is 0.0156. The summed E-state index contributed by atoms with van der Waals surface area (Å²) in [6, 6.07) is 3.78. The molecule has 2 N–H and O–H groups in total. The van der Waals surface area contributed by atoms with Crippen molar-refractivity contribution in [3.8, 4) is 0 Å². The number of rotatable bonds is 2. The van der Waals surface area contributed by atoms with Crippen LogP contribution in [0.3, 0.4) is 0 Å². The molecule has 4 nitrogen and oxygen atoms in total. The molecular formula is C13H17BFNO3. The average molecular weight is 265 g/mol. The fourth-order valence-corrected chi connectivity index (χ4v) is 2.42. The first-order valence-corrected chi connectivity index (χ1v) is 6.47. The summed E-state index contributed by atoms with van der Waals surface area (Å²) in [4.78, 5) is 14.0. The molecule has 1 aliphatic heterocycles. The summed E-state index contributed by atoms with van der Waals surface area (Å²) in [5, 5.41) is 17.9. The predicted octanol–water partition coefficient (Wildman–Crippen LogP) is 0.520. The topological polar surface area (TPSA) is 60.8 Å². The molecule has 1 fully saturated rings. The van der Waals surface area contributed by atoms with Crippen LogP contribution in [0.5, 0.6) is 0 Å². The zero-order valence-corrected chi connectivity index (χ0v) is 10.8. The first kappa shape index (κ1) is 14.0. The van der Waals surface area contributed by atoms with Crippen LogP contribution >= 0.6 is 0 Å². The van der Waals surface area contributed by atoms with Gasteiger partial charge in [-0.3, -0.25) is 4.79 Å². The van der Waals surface area contributed by atoms with Crippen LogP contribution in [0.25, 0.3) is 0 Å². The minimum Gasteiger partial charge on any atom is -0.423 e. The fourth-order valence-electron chi connectivity index (χ4n) is 2.42. The second-order valence-electron chi connectivity index (χ2n) is 4.96. The summed E-state index contributed by atoms with van der Waals surface area (Å²) in [6.45, 7) is 2.60. The van der Waals surface area contributed by atoms with Crippen LogP contribution in [0.15, 0.2) is 18.2 Å². The highest BCUT2D eigenvalue weighted by Crippen LogP contribution is 2.20. The molecule has 1 heterocycles. The number of halogens is 1. The van der Waals surface area contributed by atoms with E-state index in [2.05, 4.69) is 0 Å². The molecule has 1 amide bonds. The lowest BCUT2D eigenvalue weighted by molar-refractivity contribution is 0.0631. The van der Waals surface area contributed by atoms with Gasteiger partial charge in [0.15, 0.2) is 0 Å². The van der Waals surface area contributed by atoms with E-state index in [1.54, 1.807) is 4.90 Å². The molecule has 19 heavy (non-hydrogen) atoms. The SMILES string of the molecule is C[C@H]1CCCCN1C(=O)c1ccc(B(O)O)cc1F. The van der Waals surface area contributed by atoms with E-state index in [-0.39, 0.29) is 23.0 Å². The molecule has 2 rings (SSSR count). The van der Waals surface area contributed by atoms with Crippen LogP contribution in [0, 0.1) is 5.82 Å². The summed E-state index contributed by atoms with van der Waals surface area (Å²) >= 11 is 0. The van der Waals surface area contributed by atoms with Crippen LogP contribution in [0.4, 0.5) is 4.39 Å². The standard InChI is InChI=1S/C13H17BFNO3/c1-9-4-2-3-7-16(9)13(17)11-6-5-10(14(18)19)8-12(11)15/h5-6,8-9,18-19H,2-4,7H2,1H3/t9-/m0/s1. The number of benzene rings is 1. The smallest absolute Gasteiger partial charge is 0.423 e. The van der Waals surface area contributed by atoms with Gasteiger partial charge in [0.2, 0.25) is 0 Å². The lowest BCUT2D eigenvalue weighted by Gasteiger charge is -2.33. The van der Waals surface area contributed by atoms with E-state index in [0.29, 0.717) is 6.54 Å². The lowest BCUT2D eigenvalue weighted by atomic mass is 9.80. The van der Waals surface area contributed by atoms with Gasteiger partial charge >= 0.3 is 7.12 Å². The molecule has 0 unspecified atom stereocenters. The van der Waals surface area contributed by atoms with Gasteiger partial charge in [-0.25, -0.2) is 4.39 Å². The van der Waals surface area contributed by atoms with Gasteiger partial charge in [0.1, 0.15) is 5.82 Å². The van der Waals surface area contributed by atoms with Crippen LogP contribution < -0.4 is 5.46 Å². The van der Waals surface area contributed by atoms with Gasteiger partial charge in [-0.1, -0.05) is 6.07 Å². The molecule has 6 heteroatoms. The van der Waals surface area contributed by atoms with Gasteiger partial charge < -0.3 is 14.9 Å². The highest BCUT2D eigenvalue weighted by molar-refractivity contribution is 6.58. The van der Waals surface area contributed by atoms with Crippen molar-refractivity contribution in [2.24, 2.45) is 0 Å². The maximum atomic E-state index is 13.9. The first-order valence-electron chi connectivity index (χ1n) is 6.47. The molecule has 0 saturated carbocycles. The van der Waals surface area contributed by atoms with Gasteiger partial charge in [-0.05, 0) is 43.8 Å². The third-order valence-corrected chi connectivity index (χ3v) is 3.59. The molecule has 0 radical (unpaired) electrons. The first-order chi connectivity index (χ1) is 9.00. The molecule has 0 aromatic heterocycles. The molecular weight excluding hydrogens is 248 g/mol. The van der Waals surface area contributed by atoms with E-state index in [4.69, 9.17) is 10.0 Å². The maximum absolute atomic E-state index is 13.9. The van der Waals surface area contributed by atoms with Crippen LogP contribution in [0.1, 0.15) is 36.5 Å². The molecule has 1 aromatic carbocycles. The molecule has 0 aliphatic carbocycles. The lowest BCUT2D eigenvalue weighted by Crippen LogP contribution is -2.42. The Kier molecular flexibility index (Phi) is 4.22. The summed E-state index contributed by atoms with van der Waals surface area (Å²) in [7, 11) is -1.73. The molecule has 1 aliphatic rings. The van der Waals surface area contributed by atoms with Crippen molar-refractivity contribution in [1.82, 2.24) is 4.90 Å². The molecule has 1 saturated heterocycles. The number of amides is 1. The predicted molar refractivity (Wildman–Crippen MR) is 70.6 cm³/mol. The van der Waals surface area contributed by atoms with Gasteiger partial charge in [0.25, 0.3) is 5.91 Å². The van der Waals surface area contributed by atoms with Crippen molar-refractivity contribution >= 4 is 18.5 Å². The van der Waals surface area contributed by atoms with Crippen molar-refractivity contribution < 1.29 is 19.2 Å². The third kappa shape index (κ3) is 2.96. The normalized spacial score (nSPS) is 19.4. The zero-order chi connectivity index (χ0) is 14.0. The molecule has 0 spiro atoms. The quantitative estimate of drug-likeness (QED) is 0.766.